The van der Waals surface area contributed by atoms with Crippen LogP contribution in [0.15, 0.2) is 29.2 Å². The van der Waals surface area contributed by atoms with Gasteiger partial charge in [0.1, 0.15) is 0 Å². The predicted octanol–water partition coefficient (Wildman–Crippen LogP) is 3.89. The van der Waals surface area contributed by atoms with Crippen molar-refractivity contribution in [3.8, 4) is 6.07 Å². The highest BCUT2D eigenvalue weighted by molar-refractivity contribution is 7.99. The Labute approximate surface area is 96.5 Å². The Morgan fingerprint density at radius 3 is 2.40 bits per heavy atom. The number of nitriles is 1. The molecular formula is C13H17NS. The first-order valence-corrected chi connectivity index (χ1v) is 6.40. The zero-order valence-corrected chi connectivity index (χ0v) is 10.2. The number of nitrogens with zero attached hydrogens (tertiary/aromatic N) is 1. The van der Waals surface area contributed by atoms with Gasteiger partial charge in [0.25, 0.3) is 0 Å². The van der Waals surface area contributed by atoms with E-state index in [0.29, 0.717) is 0 Å². The van der Waals surface area contributed by atoms with Gasteiger partial charge in [-0.15, -0.1) is 11.8 Å². The zero-order chi connectivity index (χ0) is 11.1. The van der Waals surface area contributed by atoms with Crippen molar-refractivity contribution in [3.05, 3.63) is 29.8 Å². The monoisotopic (exact) mass is 219 g/mol. The Morgan fingerprint density at radius 1 is 1.27 bits per heavy atom. The first-order valence-electron chi connectivity index (χ1n) is 5.41. The minimum atomic E-state index is 0.162. The first kappa shape index (κ1) is 12.1. The minimum absolute atomic E-state index is 0.162. The van der Waals surface area contributed by atoms with Crippen LogP contribution in [0.2, 0.25) is 0 Å². The highest BCUT2D eigenvalue weighted by Gasteiger charge is 2.05. The summed E-state index contributed by atoms with van der Waals surface area (Å²) < 4.78 is 0. The summed E-state index contributed by atoms with van der Waals surface area (Å²) in [6.45, 7) is 4.22. The average molecular weight is 219 g/mol. The van der Waals surface area contributed by atoms with Gasteiger partial charge in [0.2, 0.25) is 0 Å². The number of hydrogen-bond donors (Lipinski definition) is 0. The number of hydrogen-bond acceptors (Lipinski definition) is 2. The molecule has 0 aliphatic carbocycles. The average Bonchev–Trinajstić information content (AvgIpc) is 2.28. The molecule has 0 spiro atoms. The van der Waals surface area contributed by atoms with Crippen LogP contribution < -0.4 is 0 Å². The van der Waals surface area contributed by atoms with Crippen LogP contribution in [0.3, 0.4) is 0 Å². The van der Waals surface area contributed by atoms with Gasteiger partial charge >= 0.3 is 0 Å². The van der Waals surface area contributed by atoms with Crippen LogP contribution in [-0.4, -0.2) is 5.75 Å². The van der Waals surface area contributed by atoms with Crippen molar-refractivity contribution < 1.29 is 0 Å². The minimum Gasteiger partial charge on any atom is -0.198 e. The van der Waals surface area contributed by atoms with Crippen molar-refractivity contribution in [2.75, 3.05) is 5.75 Å². The lowest BCUT2D eigenvalue weighted by Gasteiger charge is -2.06. The van der Waals surface area contributed by atoms with E-state index in [0.717, 1.165) is 18.6 Å². The lowest BCUT2D eigenvalue weighted by Crippen LogP contribution is -1.99. The van der Waals surface area contributed by atoms with Gasteiger partial charge in [-0.25, -0.2) is 0 Å². The fraction of sp³-hybridized carbons (Fsp3) is 0.462. The topological polar surface area (TPSA) is 23.8 Å². The number of thioether (sulfide) groups is 1. The van der Waals surface area contributed by atoms with E-state index < -0.39 is 0 Å². The van der Waals surface area contributed by atoms with Gasteiger partial charge in [-0.1, -0.05) is 26.0 Å². The lowest BCUT2D eigenvalue weighted by atomic mass is 9.99. The highest BCUT2D eigenvalue weighted by Crippen LogP contribution is 2.19. The molecule has 0 aromatic heterocycles. The summed E-state index contributed by atoms with van der Waals surface area (Å²) in [5, 5.41) is 8.87. The maximum atomic E-state index is 8.87. The summed E-state index contributed by atoms with van der Waals surface area (Å²) in [6, 6.07) is 10.9. The smallest absolute Gasteiger partial charge is 0.0659 e. The molecule has 0 N–H and O–H groups in total. The van der Waals surface area contributed by atoms with Gasteiger partial charge in [-0.3, -0.25) is 0 Å². The maximum absolute atomic E-state index is 8.87. The molecule has 0 fully saturated rings. The van der Waals surface area contributed by atoms with Crippen LogP contribution >= 0.6 is 11.8 Å². The van der Waals surface area contributed by atoms with Crippen LogP contribution in [0.5, 0.6) is 0 Å². The summed E-state index contributed by atoms with van der Waals surface area (Å²) in [5.74, 6) is 1.27. The van der Waals surface area contributed by atoms with E-state index in [1.165, 1.54) is 10.5 Å². The molecule has 0 saturated carbocycles. The molecule has 0 radical (unpaired) electrons. The van der Waals surface area contributed by atoms with Gasteiger partial charge in [-0.05, 0) is 36.3 Å². The molecule has 0 aliphatic heterocycles. The fourth-order valence-corrected chi connectivity index (χ4v) is 2.12. The largest absolute Gasteiger partial charge is 0.198 e. The highest BCUT2D eigenvalue weighted by atomic mass is 32.2. The quantitative estimate of drug-likeness (QED) is 0.701. The number of benzene rings is 1. The van der Waals surface area contributed by atoms with Gasteiger partial charge in [0, 0.05) is 4.90 Å². The first-order chi connectivity index (χ1) is 7.30. The predicted molar refractivity (Wildman–Crippen MR) is 65.9 cm³/mol. The van der Waals surface area contributed by atoms with E-state index in [1.54, 1.807) is 0 Å². The third kappa shape index (κ3) is 3.97. The molecule has 15 heavy (non-hydrogen) atoms. The van der Waals surface area contributed by atoms with Crippen LogP contribution in [0.4, 0.5) is 0 Å². The molecule has 0 bridgehead atoms. The lowest BCUT2D eigenvalue weighted by molar-refractivity contribution is 0.638. The van der Waals surface area contributed by atoms with Crippen molar-refractivity contribution in [2.45, 2.75) is 31.6 Å². The molecule has 1 rings (SSSR count). The number of rotatable bonds is 5. The fourth-order valence-electron chi connectivity index (χ4n) is 1.45. The molecule has 0 amide bonds. The molecule has 80 valence electrons. The Kier molecular flexibility index (Phi) is 5.28. The normalized spacial score (nSPS) is 12.1. The van der Waals surface area contributed by atoms with E-state index in [-0.39, 0.29) is 5.92 Å². The second-order valence-corrected chi connectivity index (χ2v) is 4.85. The summed E-state index contributed by atoms with van der Waals surface area (Å²) in [7, 11) is 0. The van der Waals surface area contributed by atoms with Crippen LogP contribution in [0.1, 0.15) is 25.8 Å². The molecule has 2 heteroatoms. The Morgan fingerprint density at radius 2 is 1.93 bits per heavy atom. The van der Waals surface area contributed by atoms with E-state index in [2.05, 4.69) is 44.2 Å². The van der Waals surface area contributed by atoms with Crippen LogP contribution in [-0.2, 0) is 6.42 Å². The molecule has 1 aromatic carbocycles. The van der Waals surface area contributed by atoms with E-state index in [9.17, 15) is 0 Å². The Hall–Kier alpha value is -0.940. The van der Waals surface area contributed by atoms with Crippen molar-refractivity contribution >= 4 is 11.8 Å². The van der Waals surface area contributed by atoms with Crippen LogP contribution in [0.25, 0.3) is 0 Å². The second-order valence-electron chi connectivity index (χ2n) is 3.52. The SMILES string of the molecule is CCSc1ccc(CC(C#N)CC)cc1. The van der Waals surface area contributed by atoms with Crippen molar-refractivity contribution in [2.24, 2.45) is 5.92 Å². The summed E-state index contributed by atoms with van der Waals surface area (Å²) in [4.78, 5) is 1.31. The van der Waals surface area contributed by atoms with E-state index in [1.807, 2.05) is 11.8 Å². The second kappa shape index (κ2) is 6.53. The van der Waals surface area contributed by atoms with Gasteiger partial charge < -0.3 is 0 Å². The summed E-state index contributed by atoms with van der Waals surface area (Å²) >= 11 is 1.85. The van der Waals surface area contributed by atoms with Crippen LogP contribution in [0, 0.1) is 17.2 Å². The third-order valence-electron chi connectivity index (χ3n) is 2.39. The summed E-state index contributed by atoms with van der Waals surface area (Å²) in [5.41, 5.74) is 1.27. The molecular weight excluding hydrogens is 202 g/mol. The van der Waals surface area contributed by atoms with Gasteiger partial charge in [-0.2, -0.15) is 5.26 Å². The van der Waals surface area contributed by atoms with Gasteiger partial charge in [0.05, 0.1) is 12.0 Å². The van der Waals surface area contributed by atoms with Gasteiger partial charge in [0.15, 0.2) is 0 Å². The van der Waals surface area contributed by atoms with Crippen molar-refractivity contribution in [3.63, 3.8) is 0 Å². The zero-order valence-electron chi connectivity index (χ0n) is 9.36. The maximum Gasteiger partial charge on any atom is 0.0659 e. The third-order valence-corrected chi connectivity index (χ3v) is 3.29. The Balaban J connectivity index is 2.60. The summed E-state index contributed by atoms with van der Waals surface area (Å²) in [6.07, 6.45) is 1.81. The Bertz CT molecular complexity index is 323. The molecule has 1 aromatic rings. The molecule has 1 nitrogen and oxygen atoms in total. The molecule has 0 saturated heterocycles. The standard InChI is InChI=1S/C13H17NS/c1-3-11(10-14)9-12-5-7-13(8-6-12)15-4-2/h5-8,11H,3-4,9H2,1-2H3. The van der Waals surface area contributed by atoms with Crippen molar-refractivity contribution in [1.29, 1.82) is 5.26 Å². The van der Waals surface area contributed by atoms with E-state index in [4.69, 9.17) is 5.26 Å². The van der Waals surface area contributed by atoms with E-state index >= 15 is 0 Å². The van der Waals surface area contributed by atoms with Crippen molar-refractivity contribution in [1.82, 2.24) is 0 Å². The molecule has 0 aliphatic rings. The molecule has 1 unspecified atom stereocenters. The molecule has 1 atom stereocenters. The molecule has 0 heterocycles.